The Kier molecular flexibility index (Phi) is 26.0. The minimum absolute atomic E-state index is 0.871. The van der Waals surface area contributed by atoms with E-state index in [1.807, 2.05) is 0 Å². The minimum Gasteiger partial charge on any atom is -0.328 e. The molecule has 0 rings (SSSR count). The monoisotopic (exact) mass is 481 g/mol. The van der Waals surface area contributed by atoms with Crippen LogP contribution in [0.4, 0.5) is 0 Å². The summed E-state index contributed by atoms with van der Waals surface area (Å²) in [6.07, 6.45) is 39.4. The molecule has 34 heavy (non-hydrogen) atoms. The van der Waals surface area contributed by atoms with Crippen molar-refractivity contribution in [2.75, 3.05) is 21.1 Å². The summed E-state index contributed by atoms with van der Waals surface area (Å²) < 4.78 is 1.16. The van der Waals surface area contributed by atoms with Crippen molar-refractivity contribution in [1.29, 1.82) is 0 Å². The van der Waals surface area contributed by atoms with Crippen LogP contribution in [0.25, 0.3) is 0 Å². The smallest absolute Gasteiger partial charge is 0.0884 e. The molecule has 0 heterocycles. The second kappa shape index (κ2) is 26.0. The summed E-state index contributed by atoms with van der Waals surface area (Å²) in [5, 5.41) is 0. The lowest BCUT2D eigenvalue weighted by Gasteiger charge is -2.34. The largest absolute Gasteiger partial charge is 0.328 e. The van der Waals surface area contributed by atoms with Crippen LogP contribution in [0.5, 0.6) is 0 Å². The molecule has 0 aliphatic rings. The molecule has 0 aliphatic carbocycles. The van der Waals surface area contributed by atoms with E-state index >= 15 is 0 Å². The molecule has 206 valence electrons. The Labute approximate surface area is 218 Å². The zero-order valence-corrected chi connectivity index (χ0v) is 25.1. The van der Waals surface area contributed by atoms with Crippen LogP contribution >= 0.6 is 0 Å². The minimum atomic E-state index is 0.871. The standard InChI is InChI=1S/C33H70N/c1-6-8-10-12-14-16-18-19-20-21-22-24-26-28-30-32-33(34(3,4)5)31-29-27-25-23-17-15-13-11-9-7-2/h33H,6-32H2,1-5H3/q+1. The molecule has 1 unspecified atom stereocenters. The SMILES string of the molecule is CCCCCCCCCCCCCCCCCC(CCCCCCCCCCCC)[N+](C)(C)C. The lowest BCUT2D eigenvalue weighted by atomic mass is 9.97. The number of nitrogens with zero attached hydrogens (tertiary/aromatic N) is 1. The van der Waals surface area contributed by atoms with E-state index in [4.69, 9.17) is 0 Å². The van der Waals surface area contributed by atoms with Gasteiger partial charge in [0.15, 0.2) is 0 Å². The second-order valence-electron chi connectivity index (χ2n) is 12.5. The molecule has 0 amide bonds. The van der Waals surface area contributed by atoms with Crippen LogP contribution in [0.2, 0.25) is 0 Å². The Balaban J connectivity index is 3.53. The molecule has 1 atom stereocenters. The summed E-state index contributed by atoms with van der Waals surface area (Å²) in [5.74, 6) is 0. The molecule has 0 aromatic carbocycles. The molecule has 0 bridgehead atoms. The number of unbranched alkanes of at least 4 members (excludes halogenated alkanes) is 23. The molecule has 0 N–H and O–H groups in total. The molecular formula is C33H70N+. The van der Waals surface area contributed by atoms with Gasteiger partial charge in [0.25, 0.3) is 0 Å². The van der Waals surface area contributed by atoms with E-state index in [1.165, 1.54) is 173 Å². The molecule has 0 saturated heterocycles. The predicted molar refractivity (Wildman–Crippen MR) is 158 cm³/mol. The highest BCUT2D eigenvalue weighted by Crippen LogP contribution is 2.21. The fraction of sp³-hybridized carbons (Fsp3) is 1.00. The van der Waals surface area contributed by atoms with Gasteiger partial charge in [0.1, 0.15) is 0 Å². The number of hydrogen-bond donors (Lipinski definition) is 0. The van der Waals surface area contributed by atoms with Gasteiger partial charge in [-0.2, -0.15) is 0 Å². The quantitative estimate of drug-likeness (QED) is 0.0771. The van der Waals surface area contributed by atoms with Crippen molar-refractivity contribution in [1.82, 2.24) is 0 Å². The van der Waals surface area contributed by atoms with Gasteiger partial charge in [0.05, 0.1) is 27.2 Å². The summed E-state index contributed by atoms with van der Waals surface area (Å²) in [5.41, 5.74) is 0. The zero-order valence-electron chi connectivity index (χ0n) is 25.1. The van der Waals surface area contributed by atoms with Gasteiger partial charge in [0.2, 0.25) is 0 Å². The van der Waals surface area contributed by atoms with E-state index in [9.17, 15) is 0 Å². The van der Waals surface area contributed by atoms with E-state index in [0.717, 1.165) is 10.5 Å². The van der Waals surface area contributed by atoms with E-state index < -0.39 is 0 Å². The van der Waals surface area contributed by atoms with Crippen LogP contribution in [-0.4, -0.2) is 31.7 Å². The number of hydrogen-bond acceptors (Lipinski definition) is 0. The average Bonchev–Trinajstić information content (AvgIpc) is 2.80. The Morgan fingerprint density at radius 2 is 0.529 bits per heavy atom. The first-order valence-corrected chi connectivity index (χ1v) is 16.3. The molecule has 1 nitrogen and oxygen atoms in total. The molecule has 0 aromatic rings. The number of quaternary nitrogens is 1. The lowest BCUT2D eigenvalue weighted by Crippen LogP contribution is -2.45. The highest BCUT2D eigenvalue weighted by atomic mass is 15.3. The van der Waals surface area contributed by atoms with E-state index in [0.29, 0.717) is 0 Å². The Morgan fingerprint density at radius 1 is 0.324 bits per heavy atom. The maximum atomic E-state index is 2.42. The van der Waals surface area contributed by atoms with Crippen LogP contribution in [0.1, 0.15) is 187 Å². The summed E-state index contributed by atoms with van der Waals surface area (Å²) in [6, 6.07) is 0.871. The van der Waals surface area contributed by atoms with Gasteiger partial charge in [0, 0.05) is 0 Å². The van der Waals surface area contributed by atoms with Gasteiger partial charge in [-0.05, 0) is 25.7 Å². The van der Waals surface area contributed by atoms with Crippen LogP contribution in [0.3, 0.4) is 0 Å². The highest BCUT2D eigenvalue weighted by Gasteiger charge is 2.22. The second-order valence-corrected chi connectivity index (χ2v) is 12.5. The van der Waals surface area contributed by atoms with Crippen LogP contribution in [0, 0.1) is 0 Å². The van der Waals surface area contributed by atoms with Crippen molar-refractivity contribution >= 4 is 0 Å². The normalized spacial score (nSPS) is 13.0. The fourth-order valence-electron chi connectivity index (χ4n) is 5.54. The fourth-order valence-corrected chi connectivity index (χ4v) is 5.54. The predicted octanol–water partition coefficient (Wildman–Crippen LogP) is 11.6. The molecule has 0 fully saturated rings. The summed E-state index contributed by atoms with van der Waals surface area (Å²) in [4.78, 5) is 0. The Bertz CT molecular complexity index is 369. The highest BCUT2D eigenvalue weighted by molar-refractivity contribution is 4.60. The van der Waals surface area contributed by atoms with Crippen molar-refractivity contribution in [3.05, 3.63) is 0 Å². The first kappa shape index (κ1) is 34.0. The van der Waals surface area contributed by atoms with Gasteiger partial charge in [-0.1, -0.05) is 162 Å². The van der Waals surface area contributed by atoms with E-state index in [2.05, 4.69) is 35.0 Å². The third-order valence-electron chi connectivity index (χ3n) is 8.13. The first-order valence-electron chi connectivity index (χ1n) is 16.3. The molecule has 0 saturated carbocycles. The topological polar surface area (TPSA) is 0 Å². The molecular weight excluding hydrogens is 410 g/mol. The third-order valence-corrected chi connectivity index (χ3v) is 8.13. The van der Waals surface area contributed by atoms with Gasteiger partial charge < -0.3 is 4.48 Å². The summed E-state index contributed by atoms with van der Waals surface area (Å²) >= 11 is 0. The van der Waals surface area contributed by atoms with Crippen molar-refractivity contribution in [2.45, 2.75) is 193 Å². The van der Waals surface area contributed by atoms with Gasteiger partial charge >= 0.3 is 0 Å². The molecule has 0 aromatic heterocycles. The molecule has 1 heteroatoms. The molecule has 0 spiro atoms. The van der Waals surface area contributed by atoms with Gasteiger partial charge in [-0.15, -0.1) is 0 Å². The van der Waals surface area contributed by atoms with E-state index in [-0.39, 0.29) is 0 Å². The van der Waals surface area contributed by atoms with Crippen LogP contribution in [-0.2, 0) is 0 Å². The van der Waals surface area contributed by atoms with Gasteiger partial charge in [-0.25, -0.2) is 0 Å². The van der Waals surface area contributed by atoms with Crippen LogP contribution < -0.4 is 0 Å². The number of rotatable bonds is 28. The van der Waals surface area contributed by atoms with Crippen molar-refractivity contribution in [3.63, 3.8) is 0 Å². The van der Waals surface area contributed by atoms with Crippen LogP contribution in [0.15, 0.2) is 0 Å². The molecule has 0 aliphatic heterocycles. The van der Waals surface area contributed by atoms with Gasteiger partial charge in [-0.3, -0.25) is 0 Å². The zero-order chi connectivity index (χ0) is 25.2. The Morgan fingerprint density at radius 3 is 0.735 bits per heavy atom. The lowest BCUT2D eigenvalue weighted by molar-refractivity contribution is -0.896. The average molecular weight is 481 g/mol. The third kappa shape index (κ3) is 25.1. The maximum absolute atomic E-state index is 2.42. The van der Waals surface area contributed by atoms with Crippen molar-refractivity contribution < 1.29 is 4.48 Å². The summed E-state index contributed by atoms with van der Waals surface area (Å²) in [6.45, 7) is 4.62. The molecule has 0 radical (unpaired) electrons. The first-order chi connectivity index (χ1) is 16.5. The Hall–Kier alpha value is -0.0400. The van der Waals surface area contributed by atoms with E-state index in [1.54, 1.807) is 0 Å². The van der Waals surface area contributed by atoms with Crippen molar-refractivity contribution in [3.8, 4) is 0 Å². The summed E-state index contributed by atoms with van der Waals surface area (Å²) in [7, 11) is 7.27. The maximum Gasteiger partial charge on any atom is 0.0884 e. The van der Waals surface area contributed by atoms with Crippen molar-refractivity contribution in [2.24, 2.45) is 0 Å².